The van der Waals surface area contributed by atoms with Gasteiger partial charge in [-0.25, -0.2) is 9.78 Å². The van der Waals surface area contributed by atoms with E-state index in [9.17, 15) is 9.59 Å². The summed E-state index contributed by atoms with van der Waals surface area (Å²) < 4.78 is 5.19. The summed E-state index contributed by atoms with van der Waals surface area (Å²) in [4.78, 5) is 35.4. The number of carbonyl (C=O) groups is 2. The van der Waals surface area contributed by atoms with Crippen LogP contribution in [0.15, 0.2) is 54.7 Å². The summed E-state index contributed by atoms with van der Waals surface area (Å²) in [6, 6.07) is 14.7. The molecule has 0 radical (unpaired) electrons. The van der Waals surface area contributed by atoms with E-state index in [2.05, 4.69) is 25.9 Å². The number of pyridine rings is 2. The average Bonchev–Trinajstić information content (AvgIpc) is 2.83. The fraction of sp³-hybridized carbons (Fsp3) is 0.304. The Bertz CT molecular complexity index is 1080. The molecule has 4 rings (SSSR count). The van der Waals surface area contributed by atoms with E-state index in [1.807, 2.05) is 36.4 Å². The highest BCUT2D eigenvalue weighted by atomic mass is 16.5. The standard InChI is InChI=1S/C23H26N6O3/c1-32-21-8-7-18-22(28-21)19(9-12-24-18)27-23(31)29-13-10-16(11-14-29)25-15-20(30)26-17-5-3-2-4-6-17/h2-9,12,16,25H,10-11,13-15H2,1H3,(H,26,30)(H,24,27,31). The number of aromatic nitrogens is 2. The fourth-order valence-corrected chi connectivity index (χ4v) is 3.67. The summed E-state index contributed by atoms with van der Waals surface area (Å²) in [6.45, 7) is 1.44. The Hall–Kier alpha value is -3.72. The molecule has 0 aliphatic carbocycles. The van der Waals surface area contributed by atoms with Gasteiger partial charge in [0.1, 0.15) is 5.52 Å². The quantitative estimate of drug-likeness (QED) is 0.551. The van der Waals surface area contributed by atoms with Crippen LogP contribution in [0.2, 0.25) is 0 Å². The molecule has 1 fully saturated rings. The lowest BCUT2D eigenvalue weighted by Gasteiger charge is -2.32. The van der Waals surface area contributed by atoms with E-state index in [0.717, 1.165) is 18.5 Å². The molecule has 2 aromatic heterocycles. The van der Waals surface area contributed by atoms with Gasteiger partial charge < -0.3 is 25.6 Å². The molecule has 166 valence electrons. The summed E-state index contributed by atoms with van der Waals surface area (Å²) in [5.41, 5.74) is 2.64. The first-order valence-corrected chi connectivity index (χ1v) is 10.6. The Labute approximate surface area is 186 Å². The topological polar surface area (TPSA) is 108 Å². The molecule has 0 spiro atoms. The number of anilines is 2. The van der Waals surface area contributed by atoms with Crippen LogP contribution in [-0.4, -0.2) is 59.6 Å². The molecular formula is C23H26N6O3. The highest BCUT2D eigenvalue weighted by molar-refractivity contribution is 5.98. The van der Waals surface area contributed by atoms with Crippen molar-refractivity contribution in [3.05, 3.63) is 54.7 Å². The van der Waals surface area contributed by atoms with Crippen LogP contribution in [0.5, 0.6) is 5.88 Å². The number of nitrogens with zero attached hydrogens (tertiary/aromatic N) is 3. The van der Waals surface area contributed by atoms with E-state index >= 15 is 0 Å². The number of nitrogens with one attached hydrogen (secondary N) is 3. The zero-order chi connectivity index (χ0) is 22.3. The minimum absolute atomic E-state index is 0.0798. The predicted octanol–water partition coefficient (Wildman–Crippen LogP) is 2.86. The monoisotopic (exact) mass is 434 g/mol. The molecule has 0 saturated carbocycles. The maximum Gasteiger partial charge on any atom is 0.321 e. The second-order valence-electron chi connectivity index (χ2n) is 7.57. The van der Waals surface area contributed by atoms with Crippen molar-refractivity contribution in [2.45, 2.75) is 18.9 Å². The number of carbonyl (C=O) groups excluding carboxylic acids is 2. The summed E-state index contributed by atoms with van der Waals surface area (Å²) in [5, 5.41) is 9.09. The maximum absolute atomic E-state index is 12.8. The third kappa shape index (κ3) is 5.30. The smallest absolute Gasteiger partial charge is 0.321 e. The Morgan fingerprint density at radius 1 is 1.06 bits per heavy atom. The number of hydrogen-bond acceptors (Lipinski definition) is 6. The van der Waals surface area contributed by atoms with Crippen molar-refractivity contribution in [2.75, 3.05) is 37.4 Å². The van der Waals surface area contributed by atoms with Gasteiger partial charge in [-0.05, 0) is 37.1 Å². The molecule has 1 aliphatic heterocycles. The number of methoxy groups -OCH3 is 1. The van der Waals surface area contributed by atoms with E-state index in [1.165, 1.54) is 0 Å². The van der Waals surface area contributed by atoms with Crippen LogP contribution < -0.4 is 20.7 Å². The van der Waals surface area contributed by atoms with Gasteiger partial charge in [-0.15, -0.1) is 0 Å². The predicted molar refractivity (Wildman–Crippen MR) is 123 cm³/mol. The molecule has 32 heavy (non-hydrogen) atoms. The van der Waals surface area contributed by atoms with Gasteiger partial charge in [0.2, 0.25) is 11.8 Å². The number of para-hydroxylation sites is 1. The lowest BCUT2D eigenvalue weighted by Crippen LogP contribution is -2.47. The largest absolute Gasteiger partial charge is 0.481 e. The number of rotatable bonds is 6. The van der Waals surface area contributed by atoms with Crippen LogP contribution in [0.25, 0.3) is 11.0 Å². The molecule has 0 unspecified atom stereocenters. The Balaban J connectivity index is 1.27. The number of amides is 3. The SMILES string of the molecule is COc1ccc2nccc(NC(=O)N3CCC(NCC(=O)Nc4ccccc4)CC3)c2n1. The Morgan fingerprint density at radius 3 is 2.59 bits per heavy atom. The number of ether oxygens (including phenoxy) is 1. The normalized spacial score (nSPS) is 14.2. The first kappa shape index (κ1) is 21.5. The van der Waals surface area contributed by atoms with Crippen molar-refractivity contribution >= 4 is 34.3 Å². The number of piperidine rings is 1. The van der Waals surface area contributed by atoms with Crippen LogP contribution in [0.1, 0.15) is 12.8 Å². The summed E-state index contributed by atoms with van der Waals surface area (Å²) in [5.74, 6) is 0.382. The number of benzene rings is 1. The zero-order valence-electron chi connectivity index (χ0n) is 17.9. The molecule has 1 saturated heterocycles. The highest BCUT2D eigenvalue weighted by Gasteiger charge is 2.23. The number of likely N-dealkylation sites (tertiary alicyclic amines) is 1. The summed E-state index contributed by atoms with van der Waals surface area (Å²) >= 11 is 0. The highest BCUT2D eigenvalue weighted by Crippen LogP contribution is 2.23. The molecule has 9 nitrogen and oxygen atoms in total. The van der Waals surface area contributed by atoms with Gasteiger partial charge in [-0.3, -0.25) is 9.78 Å². The maximum atomic E-state index is 12.8. The Kier molecular flexibility index (Phi) is 6.76. The summed E-state index contributed by atoms with van der Waals surface area (Å²) in [7, 11) is 1.55. The second kappa shape index (κ2) is 10.1. The first-order chi connectivity index (χ1) is 15.6. The van der Waals surface area contributed by atoms with Gasteiger partial charge >= 0.3 is 6.03 Å². The molecule has 9 heteroatoms. The number of hydrogen-bond donors (Lipinski definition) is 3. The average molecular weight is 435 g/mol. The van der Waals surface area contributed by atoms with Gasteiger partial charge in [-0.1, -0.05) is 18.2 Å². The minimum atomic E-state index is -0.178. The molecule has 0 atom stereocenters. The van der Waals surface area contributed by atoms with Gasteiger partial charge in [0.25, 0.3) is 0 Å². The Morgan fingerprint density at radius 2 is 1.84 bits per heavy atom. The van der Waals surface area contributed by atoms with Crippen molar-refractivity contribution in [2.24, 2.45) is 0 Å². The third-order valence-electron chi connectivity index (χ3n) is 5.40. The number of fused-ring (bicyclic) bond motifs is 1. The van der Waals surface area contributed by atoms with E-state index in [0.29, 0.717) is 35.7 Å². The van der Waals surface area contributed by atoms with Crippen LogP contribution in [0.3, 0.4) is 0 Å². The molecule has 3 heterocycles. The van der Waals surface area contributed by atoms with E-state index in [-0.39, 0.29) is 24.5 Å². The van der Waals surface area contributed by atoms with Crippen molar-refractivity contribution in [3.8, 4) is 5.88 Å². The number of urea groups is 1. The minimum Gasteiger partial charge on any atom is -0.481 e. The van der Waals surface area contributed by atoms with Crippen molar-refractivity contribution < 1.29 is 14.3 Å². The van der Waals surface area contributed by atoms with Crippen LogP contribution >= 0.6 is 0 Å². The zero-order valence-corrected chi connectivity index (χ0v) is 17.9. The first-order valence-electron chi connectivity index (χ1n) is 10.6. The molecule has 3 N–H and O–H groups in total. The molecule has 0 bridgehead atoms. The lowest BCUT2D eigenvalue weighted by molar-refractivity contribution is -0.115. The van der Waals surface area contributed by atoms with Crippen molar-refractivity contribution in [1.29, 1.82) is 0 Å². The lowest BCUT2D eigenvalue weighted by atomic mass is 10.1. The van der Waals surface area contributed by atoms with Crippen LogP contribution in [-0.2, 0) is 4.79 Å². The van der Waals surface area contributed by atoms with Crippen LogP contribution in [0.4, 0.5) is 16.2 Å². The van der Waals surface area contributed by atoms with Crippen LogP contribution in [0, 0.1) is 0 Å². The van der Waals surface area contributed by atoms with Gasteiger partial charge in [0, 0.05) is 37.1 Å². The van der Waals surface area contributed by atoms with E-state index in [1.54, 1.807) is 30.3 Å². The van der Waals surface area contributed by atoms with E-state index < -0.39 is 0 Å². The second-order valence-corrected chi connectivity index (χ2v) is 7.57. The fourth-order valence-electron chi connectivity index (χ4n) is 3.67. The molecule has 3 amide bonds. The third-order valence-corrected chi connectivity index (χ3v) is 5.40. The van der Waals surface area contributed by atoms with E-state index in [4.69, 9.17) is 4.74 Å². The van der Waals surface area contributed by atoms with Crippen molar-refractivity contribution in [3.63, 3.8) is 0 Å². The van der Waals surface area contributed by atoms with Gasteiger partial charge in [0.05, 0.1) is 24.9 Å². The molecule has 3 aromatic rings. The van der Waals surface area contributed by atoms with Gasteiger partial charge in [0.15, 0.2) is 0 Å². The molecular weight excluding hydrogens is 408 g/mol. The van der Waals surface area contributed by atoms with Gasteiger partial charge in [-0.2, -0.15) is 0 Å². The molecule has 1 aromatic carbocycles. The molecule has 1 aliphatic rings. The summed E-state index contributed by atoms with van der Waals surface area (Å²) in [6.07, 6.45) is 3.19. The van der Waals surface area contributed by atoms with Crippen molar-refractivity contribution in [1.82, 2.24) is 20.2 Å².